The van der Waals surface area contributed by atoms with Gasteiger partial charge in [0, 0.05) is 0 Å². The molecule has 0 bridgehead atoms. The number of carbonyl (C=O) groups excluding carboxylic acids is 1. The number of methoxy groups -OCH3 is 1. The molecule has 0 saturated carbocycles. The maximum Gasteiger partial charge on any atom is 0.298 e. The summed E-state index contributed by atoms with van der Waals surface area (Å²) < 4.78 is 9.26. The van der Waals surface area contributed by atoms with Crippen LogP contribution in [0.15, 0.2) is 6.20 Å². The van der Waals surface area contributed by atoms with Crippen molar-refractivity contribution >= 4 is 12.4 Å². The minimum Gasteiger partial charge on any atom is -0.478 e. The van der Waals surface area contributed by atoms with Crippen molar-refractivity contribution in [3.63, 3.8) is 0 Å². The Labute approximate surface area is 68.3 Å². The zero-order chi connectivity index (χ0) is 8.97. The molecule has 6 heteroatoms. The number of anilines is 1. The number of aromatic nitrogens is 2. The summed E-state index contributed by atoms with van der Waals surface area (Å²) in [5, 5.41) is 0. The molecule has 0 aliphatic carbocycles. The Morgan fingerprint density at radius 2 is 2.42 bits per heavy atom. The molecule has 1 aromatic rings. The van der Waals surface area contributed by atoms with E-state index >= 15 is 0 Å². The predicted octanol–water partition coefficient (Wildman–Crippen LogP) is -0.397. The first kappa shape index (κ1) is 8.25. The molecule has 0 aromatic carbocycles. The van der Waals surface area contributed by atoms with Crippen LogP contribution in [-0.4, -0.2) is 23.5 Å². The number of hydrogen-bond donors (Lipinski definition) is 1. The Morgan fingerprint density at radius 1 is 1.67 bits per heavy atom. The Balaban J connectivity index is 3.01. The normalized spacial score (nSPS) is 9.08. The van der Waals surface area contributed by atoms with Crippen LogP contribution in [-0.2, 0) is 4.79 Å². The van der Waals surface area contributed by atoms with Gasteiger partial charge >= 0.3 is 0 Å². The second kappa shape index (κ2) is 3.51. The van der Waals surface area contributed by atoms with Crippen molar-refractivity contribution in [1.82, 2.24) is 9.97 Å². The maximum absolute atomic E-state index is 9.96. The number of rotatable bonds is 3. The highest BCUT2D eigenvalue weighted by Crippen LogP contribution is 2.22. The van der Waals surface area contributed by atoms with E-state index < -0.39 is 0 Å². The molecule has 2 N–H and O–H groups in total. The molecule has 1 rings (SSSR count). The van der Waals surface area contributed by atoms with Gasteiger partial charge in [0.25, 0.3) is 12.4 Å². The third kappa shape index (κ3) is 1.60. The topological polar surface area (TPSA) is 87.3 Å². The number of nitrogens with two attached hydrogens (primary N) is 1. The Morgan fingerprint density at radius 3 is 3.00 bits per heavy atom. The SMILES string of the molecule is COc1nc(N)ncc1OC=O. The molecule has 0 radical (unpaired) electrons. The summed E-state index contributed by atoms with van der Waals surface area (Å²) >= 11 is 0. The lowest BCUT2D eigenvalue weighted by atomic mass is 10.5. The Kier molecular flexibility index (Phi) is 2.42. The first-order valence-electron chi connectivity index (χ1n) is 3.04. The van der Waals surface area contributed by atoms with Gasteiger partial charge in [-0.1, -0.05) is 0 Å². The number of ether oxygens (including phenoxy) is 2. The molecule has 0 atom stereocenters. The summed E-state index contributed by atoms with van der Waals surface area (Å²) in [6.07, 6.45) is 1.26. The molecule has 0 fully saturated rings. The minimum absolute atomic E-state index is 0.0603. The highest BCUT2D eigenvalue weighted by atomic mass is 16.5. The van der Waals surface area contributed by atoms with Crippen LogP contribution in [0.3, 0.4) is 0 Å². The second-order valence-corrected chi connectivity index (χ2v) is 1.82. The van der Waals surface area contributed by atoms with E-state index in [1.807, 2.05) is 0 Å². The maximum atomic E-state index is 9.96. The van der Waals surface area contributed by atoms with Crippen LogP contribution in [0.5, 0.6) is 11.6 Å². The zero-order valence-corrected chi connectivity index (χ0v) is 6.35. The highest BCUT2D eigenvalue weighted by molar-refractivity contribution is 5.48. The molecule has 0 unspecified atom stereocenters. The molecule has 1 aromatic heterocycles. The summed E-state index contributed by atoms with van der Waals surface area (Å²) in [6, 6.07) is 0. The van der Waals surface area contributed by atoms with Crippen LogP contribution < -0.4 is 15.2 Å². The van der Waals surface area contributed by atoms with Gasteiger partial charge in [-0.3, -0.25) is 4.79 Å². The summed E-state index contributed by atoms with van der Waals surface area (Å²) in [6.45, 7) is 0.261. The zero-order valence-electron chi connectivity index (χ0n) is 6.35. The first-order valence-corrected chi connectivity index (χ1v) is 3.04. The fourth-order valence-corrected chi connectivity index (χ4v) is 0.647. The number of carbonyl (C=O) groups is 1. The van der Waals surface area contributed by atoms with Crippen LogP contribution in [0.4, 0.5) is 5.95 Å². The molecule has 64 valence electrons. The standard InChI is InChI=1S/C6H7N3O3/c1-11-5-4(12-3-10)2-8-6(7)9-5/h2-3H,1H3,(H2,7,8,9). The van der Waals surface area contributed by atoms with Gasteiger partial charge in [0.15, 0.2) is 0 Å². The average molecular weight is 169 g/mol. The fourth-order valence-electron chi connectivity index (χ4n) is 0.647. The van der Waals surface area contributed by atoms with Crippen molar-refractivity contribution in [2.24, 2.45) is 0 Å². The lowest BCUT2D eigenvalue weighted by Gasteiger charge is -2.03. The van der Waals surface area contributed by atoms with Gasteiger partial charge in [-0.15, -0.1) is 0 Å². The van der Waals surface area contributed by atoms with E-state index in [9.17, 15) is 4.79 Å². The lowest BCUT2D eigenvalue weighted by molar-refractivity contribution is -0.120. The van der Waals surface area contributed by atoms with Gasteiger partial charge in [-0.2, -0.15) is 4.98 Å². The number of hydrogen-bond acceptors (Lipinski definition) is 6. The first-order chi connectivity index (χ1) is 5.77. The third-order valence-corrected chi connectivity index (χ3v) is 1.11. The van der Waals surface area contributed by atoms with Crippen molar-refractivity contribution in [2.45, 2.75) is 0 Å². The van der Waals surface area contributed by atoms with E-state index in [0.717, 1.165) is 0 Å². The lowest BCUT2D eigenvalue weighted by Crippen LogP contribution is -2.00. The van der Waals surface area contributed by atoms with E-state index in [2.05, 4.69) is 14.7 Å². The number of nitrogens with zero attached hydrogens (tertiary/aromatic N) is 2. The van der Waals surface area contributed by atoms with E-state index in [1.165, 1.54) is 13.3 Å². The van der Waals surface area contributed by atoms with Crippen LogP contribution in [0, 0.1) is 0 Å². The molecule has 0 saturated heterocycles. The van der Waals surface area contributed by atoms with E-state index in [4.69, 9.17) is 10.5 Å². The quantitative estimate of drug-likeness (QED) is 0.619. The van der Waals surface area contributed by atoms with Crippen LogP contribution in [0.2, 0.25) is 0 Å². The van der Waals surface area contributed by atoms with Crippen molar-refractivity contribution in [3.05, 3.63) is 6.20 Å². The summed E-state index contributed by atoms with van der Waals surface area (Å²) in [5.74, 6) is 0.335. The van der Waals surface area contributed by atoms with Crippen molar-refractivity contribution in [2.75, 3.05) is 12.8 Å². The molecule has 1 heterocycles. The van der Waals surface area contributed by atoms with E-state index in [0.29, 0.717) is 0 Å². The van der Waals surface area contributed by atoms with Gasteiger partial charge < -0.3 is 15.2 Å². The number of nitrogen functional groups attached to an aromatic ring is 1. The smallest absolute Gasteiger partial charge is 0.298 e. The largest absolute Gasteiger partial charge is 0.478 e. The van der Waals surface area contributed by atoms with Gasteiger partial charge in [0.1, 0.15) is 0 Å². The van der Waals surface area contributed by atoms with Gasteiger partial charge in [-0.25, -0.2) is 4.98 Å². The third-order valence-electron chi connectivity index (χ3n) is 1.11. The molecule has 0 spiro atoms. The molecule has 6 nitrogen and oxygen atoms in total. The van der Waals surface area contributed by atoms with E-state index in [-0.39, 0.29) is 24.1 Å². The Bertz CT molecular complexity index is 289. The molecular formula is C6H7N3O3. The minimum atomic E-state index is 0.0603. The van der Waals surface area contributed by atoms with Crippen molar-refractivity contribution in [3.8, 4) is 11.6 Å². The molecule has 0 amide bonds. The fraction of sp³-hybridized carbons (Fsp3) is 0.167. The van der Waals surface area contributed by atoms with Gasteiger partial charge in [0.05, 0.1) is 13.3 Å². The second-order valence-electron chi connectivity index (χ2n) is 1.82. The van der Waals surface area contributed by atoms with Crippen molar-refractivity contribution < 1.29 is 14.3 Å². The molecule has 12 heavy (non-hydrogen) atoms. The van der Waals surface area contributed by atoms with E-state index in [1.54, 1.807) is 0 Å². The van der Waals surface area contributed by atoms with Crippen LogP contribution in [0.1, 0.15) is 0 Å². The van der Waals surface area contributed by atoms with Gasteiger partial charge in [0.2, 0.25) is 11.7 Å². The highest BCUT2D eigenvalue weighted by Gasteiger charge is 2.06. The molecular weight excluding hydrogens is 162 g/mol. The summed E-state index contributed by atoms with van der Waals surface area (Å²) in [4.78, 5) is 17.2. The molecule has 0 aliphatic rings. The van der Waals surface area contributed by atoms with Crippen LogP contribution in [0.25, 0.3) is 0 Å². The monoisotopic (exact) mass is 169 g/mol. The predicted molar refractivity (Wildman–Crippen MR) is 39.7 cm³/mol. The van der Waals surface area contributed by atoms with Gasteiger partial charge in [-0.05, 0) is 0 Å². The molecule has 0 aliphatic heterocycles. The van der Waals surface area contributed by atoms with Crippen molar-refractivity contribution in [1.29, 1.82) is 0 Å². The summed E-state index contributed by atoms with van der Waals surface area (Å²) in [7, 11) is 1.39. The average Bonchev–Trinajstić information content (AvgIpc) is 2.08. The Hall–Kier alpha value is -1.85. The van der Waals surface area contributed by atoms with Crippen LogP contribution >= 0.6 is 0 Å². The summed E-state index contributed by atoms with van der Waals surface area (Å²) in [5.41, 5.74) is 5.25.